The molecule has 4 aromatic rings. The Kier molecular flexibility index (Phi) is 6.40. The Morgan fingerprint density at radius 1 is 0.914 bits per heavy atom. The summed E-state index contributed by atoms with van der Waals surface area (Å²) in [4.78, 5) is 27.0. The van der Waals surface area contributed by atoms with E-state index in [9.17, 15) is 18.4 Å². The summed E-state index contributed by atoms with van der Waals surface area (Å²) in [5.74, 6) is -1.37. The number of rotatable bonds is 5. The topological polar surface area (TPSA) is 42.3 Å². The third-order valence-electron chi connectivity index (χ3n) is 5.71. The minimum absolute atomic E-state index is 0.0609. The van der Waals surface area contributed by atoms with Crippen molar-refractivity contribution < 1.29 is 18.4 Å². The van der Waals surface area contributed by atoms with Crippen molar-refractivity contribution in [2.75, 3.05) is 0 Å². The number of nitrogens with zero attached hydrogens (tertiary/aromatic N) is 2. The van der Waals surface area contributed by atoms with Gasteiger partial charge in [0.15, 0.2) is 0 Å². The van der Waals surface area contributed by atoms with Crippen LogP contribution in [0.1, 0.15) is 16.7 Å². The van der Waals surface area contributed by atoms with Crippen LogP contribution in [0.3, 0.4) is 0 Å². The van der Waals surface area contributed by atoms with E-state index in [0.717, 1.165) is 33.6 Å². The van der Waals surface area contributed by atoms with E-state index >= 15 is 0 Å². The van der Waals surface area contributed by atoms with E-state index in [1.165, 1.54) is 18.2 Å². The zero-order valence-corrected chi connectivity index (χ0v) is 20.3. The Balaban J connectivity index is 1.48. The number of thioether (sulfide) groups is 1. The molecule has 2 heterocycles. The molecule has 176 valence electrons. The summed E-state index contributed by atoms with van der Waals surface area (Å²) in [6.07, 6.45) is 3.46. The van der Waals surface area contributed by atoms with Crippen LogP contribution in [0.4, 0.5) is 13.6 Å². The summed E-state index contributed by atoms with van der Waals surface area (Å²) < 4.78 is 29.6. The summed E-state index contributed by atoms with van der Waals surface area (Å²) in [6.45, 7) is 0.138. The molecule has 0 spiro atoms. The Hall–Kier alpha value is -3.13. The first kappa shape index (κ1) is 23.6. The summed E-state index contributed by atoms with van der Waals surface area (Å²) >= 11 is 13.1. The molecule has 0 N–H and O–H groups in total. The number of amides is 2. The molecule has 4 nitrogen and oxygen atoms in total. The molecule has 1 saturated heterocycles. The van der Waals surface area contributed by atoms with Gasteiger partial charge < -0.3 is 4.57 Å². The highest BCUT2D eigenvalue weighted by Crippen LogP contribution is 2.36. The molecule has 3 aromatic carbocycles. The molecule has 1 aliphatic heterocycles. The Morgan fingerprint density at radius 3 is 2.49 bits per heavy atom. The molecule has 0 aliphatic carbocycles. The van der Waals surface area contributed by atoms with E-state index in [-0.39, 0.29) is 23.0 Å². The first-order valence-electron chi connectivity index (χ1n) is 10.5. The fourth-order valence-electron chi connectivity index (χ4n) is 3.97. The molecule has 0 bridgehead atoms. The molecular formula is C26H16Cl2F2N2O2S. The third kappa shape index (κ3) is 4.59. The minimum atomic E-state index is -0.499. The lowest BCUT2D eigenvalue weighted by Crippen LogP contribution is -2.27. The maximum Gasteiger partial charge on any atom is 0.293 e. The number of benzene rings is 3. The number of imide groups is 1. The lowest BCUT2D eigenvalue weighted by atomic mass is 10.1. The largest absolute Gasteiger partial charge is 0.342 e. The Bertz CT molecular complexity index is 1510. The van der Waals surface area contributed by atoms with Gasteiger partial charge in [-0.15, -0.1) is 0 Å². The number of carbonyl (C=O) groups excluding carboxylic acids is 2. The summed E-state index contributed by atoms with van der Waals surface area (Å²) in [5, 5.41) is 0.865. The van der Waals surface area contributed by atoms with Crippen molar-refractivity contribution in [1.82, 2.24) is 9.47 Å². The maximum absolute atomic E-state index is 14.4. The van der Waals surface area contributed by atoms with Crippen LogP contribution in [0, 0.1) is 11.6 Å². The smallest absolute Gasteiger partial charge is 0.293 e. The van der Waals surface area contributed by atoms with Gasteiger partial charge >= 0.3 is 0 Å². The van der Waals surface area contributed by atoms with Crippen LogP contribution in [-0.4, -0.2) is 20.6 Å². The van der Waals surface area contributed by atoms with Gasteiger partial charge in [-0.2, -0.15) is 0 Å². The highest BCUT2D eigenvalue weighted by atomic mass is 35.5. The van der Waals surface area contributed by atoms with Crippen LogP contribution in [0.25, 0.3) is 17.0 Å². The lowest BCUT2D eigenvalue weighted by molar-refractivity contribution is -0.123. The average Bonchev–Trinajstić information content (AvgIpc) is 3.30. The van der Waals surface area contributed by atoms with E-state index in [4.69, 9.17) is 23.2 Å². The van der Waals surface area contributed by atoms with Crippen molar-refractivity contribution in [2.24, 2.45) is 0 Å². The van der Waals surface area contributed by atoms with Crippen LogP contribution in [0.2, 0.25) is 10.0 Å². The zero-order chi connectivity index (χ0) is 24.7. The van der Waals surface area contributed by atoms with E-state index in [1.54, 1.807) is 24.4 Å². The SMILES string of the molecule is O=C1S/C(=C/c2cn(Cc3c(F)cccc3Cl)c3ccccc23)C(=O)N1Cc1ccc(F)cc1Cl. The molecule has 5 rings (SSSR count). The normalized spacial score (nSPS) is 15.1. The van der Waals surface area contributed by atoms with Crippen molar-refractivity contribution >= 4 is 63.1 Å². The average molecular weight is 529 g/mol. The van der Waals surface area contributed by atoms with Crippen molar-refractivity contribution in [3.05, 3.63) is 110 Å². The first-order chi connectivity index (χ1) is 16.8. The Labute approximate surface area is 213 Å². The zero-order valence-electron chi connectivity index (χ0n) is 18.0. The van der Waals surface area contributed by atoms with Crippen molar-refractivity contribution in [3.8, 4) is 0 Å². The lowest BCUT2D eigenvalue weighted by Gasteiger charge is -2.13. The number of carbonyl (C=O) groups is 2. The van der Waals surface area contributed by atoms with Crippen molar-refractivity contribution in [3.63, 3.8) is 0 Å². The minimum Gasteiger partial charge on any atom is -0.342 e. The summed E-state index contributed by atoms with van der Waals surface area (Å²) in [6, 6.07) is 15.9. The van der Waals surface area contributed by atoms with Crippen molar-refractivity contribution in [2.45, 2.75) is 13.1 Å². The molecule has 0 radical (unpaired) electrons. The molecule has 0 unspecified atom stereocenters. The molecule has 0 saturated carbocycles. The van der Waals surface area contributed by atoms with Crippen LogP contribution in [0.15, 0.2) is 71.8 Å². The molecule has 35 heavy (non-hydrogen) atoms. The van der Waals surface area contributed by atoms with Gasteiger partial charge in [0.05, 0.1) is 18.0 Å². The fraction of sp³-hybridized carbons (Fsp3) is 0.0769. The highest BCUT2D eigenvalue weighted by Gasteiger charge is 2.35. The number of hydrogen-bond acceptors (Lipinski definition) is 3. The molecule has 1 aromatic heterocycles. The van der Waals surface area contributed by atoms with Crippen LogP contribution >= 0.6 is 35.0 Å². The predicted octanol–water partition coefficient (Wildman–Crippen LogP) is 7.51. The molecule has 0 atom stereocenters. The van der Waals surface area contributed by atoms with E-state index in [2.05, 4.69) is 0 Å². The van der Waals surface area contributed by atoms with E-state index in [0.29, 0.717) is 21.7 Å². The van der Waals surface area contributed by atoms with Gasteiger partial charge in [-0.25, -0.2) is 8.78 Å². The summed E-state index contributed by atoms with van der Waals surface area (Å²) in [7, 11) is 0. The van der Waals surface area contributed by atoms with E-state index < -0.39 is 22.8 Å². The molecule has 1 aliphatic rings. The first-order valence-corrected chi connectivity index (χ1v) is 12.1. The monoisotopic (exact) mass is 528 g/mol. The second-order valence-electron chi connectivity index (χ2n) is 7.93. The fourth-order valence-corrected chi connectivity index (χ4v) is 5.25. The highest BCUT2D eigenvalue weighted by molar-refractivity contribution is 8.18. The Morgan fingerprint density at radius 2 is 1.71 bits per heavy atom. The van der Waals surface area contributed by atoms with Gasteiger partial charge in [-0.1, -0.05) is 53.5 Å². The standard InChI is InChI=1S/C26H16Cl2F2N2O2S/c27-20-5-3-6-22(30)19(20)14-31-12-16(18-4-1-2-7-23(18)31)10-24-25(33)32(26(34)35-24)13-15-8-9-17(29)11-21(15)28/h1-12H,13-14H2/b24-10+. The van der Waals surface area contributed by atoms with Gasteiger partial charge in [-0.05, 0) is 53.7 Å². The number of halogens is 4. The van der Waals surface area contributed by atoms with Gasteiger partial charge in [0, 0.05) is 38.3 Å². The van der Waals surface area contributed by atoms with Crippen molar-refractivity contribution in [1.29, 1.82) is 0 Å². The van der Waals surface area contributed by atoms with Gasteiger partial charge in [-0.3, -0.25) is 14.5 Å². The number of hydrogen-bond donors (Lipinski definition) is 0. The molecular weight excluding hydrogens is 513 g/mol. The molecule has 2 amide bonds. The van der Waals surface area contributed by atoms with Crippen LogP contribution < -0.4 is 0 Å². The molecule has 1 fully saturated rings. The number of fused-ring (bicyclic) bond motifs is 1. The second-order valence-corrected chi connectivity index (χ2v) is 9.74. The van der Waals surface area contributed by atoms with Gasteiger partial charge in [0.2, 0.25) is 0 Å². The summed E-state index contributed by atoms with van der Waals surface area (Å²) in [5.41, 5.74) is 2.36. The number of aromatic nitrogens is 1. The second kappa shape index (κ2) is 9.49. The molecule has 9 heteroatoms. The van der Waals surface area contributed by atoms with Gasteiger partial charge in [0.25, 0.3) is 11.1 Å². The quantitative estimate of drug-likeness (QED) is 0.251. The number of para-hydroxylation sites is 1. The van der Waals surface area contributed by atoms with E-state index in [1.807, 2.05) is 28.8 Å². The van der Waals surface area contributed by atoms with Crippen LogP contribution in [-0.2, 0) is 17.9 Å². The predicted molar refractivity (Wildman–Crippen MR) is 135 cm³/mol. The third-order valence-corrected chi connectivity index (χ3v) is 7.33. The maximum atomic E-state index is 14.4. The van der Waals surface area contributed by atoms with Gasteiger partial charge in [0.1, 0.15) is 11.6 Å². The van der Waals surface area contributed by atoms with Crippen LogP contribution in [0.5, 0.6) is 0 Å².